The molecule has 7 heteroatoms. The van der Waals surface area contributed by atoms with E-state index < -0.39 is 0 Å². The van der Waals surface area contributed by atoms with Gasteiger partial charge in [0.2, 0.25) is 0 Å². The Morgan fingerprint density at radius 3 is 3.26 bits per heavy atom. The molecule has 0 radical (unpaired) electrons. The summed E-state index contributed by atoms with van der Waals surface area (Å²) in [5.74, 6) is 2.01. The summed E-state index contributed by atoms with van der Waals surface area (Å²) in [6.07, 6.45) is 4.35. The summed E-state index contributed by atoms with van der Waals surface area (Å²) in [6, 6.07) is 4.36. The van der Waals surface area contributed by atoms with E-state index >= 15 is 0 Å². The molecule has 0 unspecified atom stereocenters. The molecule has 1 atom stereocenters. The summed E-state index contributed by atoms with van der Waals surface area (Å²) >= 11 is 1.83. The van der Waals surface area contributed by atoms with Crippen LogP contribution >= 0.6 is 11.8 Å². The first-order valence-corrected chi connectivity index (χ1v) is 9.21. The van der Waals surface area contributed by atoms with Crippen molar-refractivity contribution in [1.29, 1.82) is 0 Å². The Morgan fingerprint density at radius 1 is 1.57 bits per heavy atom. The summed E-state index contributed by atoms with van der Waals surface area (Å²) in [4.78, 5) is 21.6. The quantitative estimate of drug-likeness (QED) is 0.902. The van der Waals surface area contributed by atoms with Crippen molar-refractivity contribution in [1.82, 2.24) is 20.2 Å². The van der Waals surface area contributed by atoms with Crippen molar-refractivity contribution in [3.63, 3.8) is 0 Å². The Morgan fingerprint density at radius 2 is 2.43 bits per heavy atom. The number of thioether (sulfide) groups is 1. The Bertz CT molecular complexity index is 688. The fraction of sp³-hybridized carbons (Fsp3) is 0.500. The molecule has 5 nitrogen and oxygen atoms in total. The number of hydrogen-bond acceptors (Lipinski definition) is 3. The van der Waals surface area contributed by atoms with Crippen molar-refractivity contribution in [3.8, 4) is 0 Å². The molecule has 124 valence electrons. The van der Waals surface area contributed by atoms with Crippen LogP contribution in [0.25, 0.3) is 11.0 Å². The van der Waals surface area contributed by atoms with Crippen molar-refractivity contribution in [2.75, 3.05) is 25.1 Å². The van der Waals surface area contributed by atoms with E-state index in [4.69, 9.17) is 0 Å². The van der Waals surface area contributed by atoms with Gasteiger partial charge in [-0.25, -0.2) is 14.2 Å². The van der Waals surface area contributed by atoms with E-state index in [0.29, 0.717) is 29.3 Å². The highest BCUT2D eigenvalue weighted by molar-refractivity contribution is 7.98. The van der Waals surface area contributed by atoms with Crippen LogP contribution in [0.5, 0.6) is 0 Å². The van der Waals surface area contributed by atoms with E-state index in [1.807, 2.05) is 16.7 Å². The topological polar surface area (TPSA) is 61.0 Å². The first kappa shape index (κ1) is 16.1. The summed E-state index contributed by atoms with van der Waals surface area (Å²) in [5, 5.41) is 2.90. The molecule has 2 N–H and O–H groups in total. The second-order valence-electron chi connectivity index (χ2n) is 5.91. The molecule has 0 aliphatic carbocycles. The van der Waals surface area contributed by atoms with E-state index in [9.17, 15) is 9.18 Å². The molecule has 0 spiro atoms. The van der Waals surface area contributed by atoms with Gasteiger partial charge in [-0.1, -0.05) is 0 Å². The Kier molecular flexibility index (Phi) is 5.05. The van der Waals surface area contributed by atoms with Crippen LogP contribution in [0, 0.1) is 11.7 Å². The van der Waals surface area contributed by atoms with Crippen LogP contribution in [0.2, 0.25) is 0 Å². The summed E-state index contributed by atoms with van der Waals surface area (Å²) < 4.78 is 13.2. The van der Waals surface area contributed by atoms with Crippen molar-refractivity contribution >= 4 is 28.8 Å². The Hall–Kier alpha value is -1.76. The fourth-order valence-corrected chi connectivity index (χ4v) is 3.75. The minimum absolute atomic E-state index is 0.0533. The fourth-order valence-electron chi connectivity index (χ4n) is 3.01. The van der Waals surface area contributed by atoms with Crippen LogP contribution in [-0.4, -0.2) is 46.0 Å². The molecule has 0 saturated carbocycles. The molecule has 1 saturated heterocycles. The number of piperidine rings is 1. The lowest BCUT2D eigenvalue weighted by Gasteiger charge is -2.32. The SMILES string of the molecule is CSC[C@@H]1CCCN(C(=O)NCc2nc3ccc(F)cc3[nH]2)C1. The number of likely N-dealkylation sites (tertiary alicyclic amines) is 1. The maximum Gasteiger partial charge on any atom is 0.317 e. The average Bonchev–Trinajstić information content (AvgIpc) is 2.95. The number of urea groups is 1. The molecule has 1 aromatic carbocycles. The number of nitrogens with zero attached hydrogens (tertiary/aromatic N) is 2. The Labute approximate surface area is 139 Å². The number of H-pyrrole nitrogens is 1. The molecule has 1 fully saturated rings. The van der Waals surface area contributed by atoms with E-state index in [0.717, 1.165) is 25.3 Å². The molecule has 0 bridgehead atoms. The molecule has 2 heterocycles. The van der Waals surface area contributed by atoms with Crippen LogP contribution < -0.4 is 5.32 Å². The van der Waals surface area contributed by atoms with Crippen LogP contribution in [0.15, 0.2) is 18.2 Å². The number of halogens is 1. The van der Waals surface area contributed by atoms with Crippen LogP contribution in [0.1, 0.15) is 18.7 Å². The lowest BCUT2D eigenvalue weighted by atomic mass is 10.0. The largest absolute Gasteiger partial charge is 0.340 e. The highest BCUT2D eigenvalue weighted by Crippen LogP contribution is 2.19. The minimum atomic E-state index is -0.301. The van der Waals surface area contributed by atoms with Crippen LogP contribution in [-0.2, 0) is 6.54 Å². The summed E-state index contributed by atoms with van der Waals surface area (Å²) in [7, 11) is 0. The minimum Gasteiger partial charge on any atom is -0.340 e. The standard InChI is InChI=1S/C16H21FN4OS/c1-23-10-11-3-2-6-21(9-11)16(22)18-8-15-19-13-5-4-12(17)7-14(13)20-15/h4-5,7,11H,2-3,6,8-10H2,1H3,(H,18,22)(H,19,20)/t11-/m1/s1. The van der Waals surface area contributed by atoms with Crippen LogP contribution in [0.4, 0.5) is 9.18 Å². The first-order chi connectivity index (χ1) is 11.2. The molecule has 2 amide bonds. The first-order valence-electron chi connectivity index (χ1n) is 7.81. The van der Waals surface area contributed by atoms with Gasteiger partial charge in [-0.05, 0) is 49.0 Å². The van der Waals surface area contributed by atoms with Gasteiger partial charge in [0.15, 0.2) is 0 Å². The van der Waals surface area contributed by atoms with Gasteiger partial charge in [0.25, 0.3) is 0 Å². The zero-order valence-electron chi connectivity index (χ0n) is 13.1. The summed E-state index contributed by atoms with van der Waals surface area (Å²) in [5.41, 5.74) is 1.35. The average molecular weight is 336 g/mol. The number of carbonyl (C=O) groups is 1. The van der Waals surface area contributed by atoms with Crippen molar-refractivity contribution in [2.24, 2.45) is 5.92 Å². The van der Waals surface area contributed by atoms with E-state index in [1.165, 1.54) is 18.6 Å². The second kappa shape index (κ2) is 7.21. The van der Waals surface area contributed by atoms with Gasteiger partial charge in [-0.15, -0.1) is 0 Å². The van der Waals surface area contributed by atoms with Gasteiger partial charge in [0, 0.05) is 13.1 Å². The zero-order valence-corrected chi connectivity index (χ0v) is 14.0. The van der Waals surface area contributed by atoms with Crippen molar-refractivity contribution in [3.05, 3.63) is 29.8 Å². The van der Waals surface area contributed by atoms with Gasteiger partial charge < -0.3 is 15.2 Å². The molecule has 1 aromatic heterocycles. The maximum absolute atomic E-state index is 13.2. The highest BCUT2D eigenvalue weighted by atomic mass is 32.2. The molecular weight excluding hydrogens is 315 g/mol. The lowest BCUT2D eigenvalue weighted by Crippen LogP contribution is -2.45. The number of fused-ring (bicyclic) bond motifs is 1. The number of hydrogen-bond donors (Lipinski definition) is 2. The Balaban J connectivity index is 1.57. The normalized spacial score (nSPS) is 18.3. The monoisotopic (exact) mass is 336 g/mol. The predicted octanol–water partition coefficient (Wildman–Crippen LogP) is 2.99. The molecule has 23 heavy (non-hydrogen) atoms. The lowest BCUT2D eigenvalue weighted by molar-refractivity contribution is 0.170. The van der Waals surface area contributed by atoms with Gasteiger partial charge in [0.1, 0.15) is 11.6 Å². The number of aromatic amines is 1. The highest BCUT2D eigenvalue weighted by Gasteiger charge is 2.23. The van der Waals surface area contributed by atoms with E-state index in [1.54, 1.807) is 6.07 Å². The summed E-state index contributed by atoms with van der Waals surface area (Å²) in [6.45, 7) is 1.94. The number of amides is 2. The number of benzene rings is 1. The predicted molar refractivity (Wildman–Crippen MR) is 91.0 cm³/mol. The van der Waals surface area contributed by atoms with Crippen molar-refractivity contribution < 1.29 is 9.18 Å². The molecule has 2 aromatic rings. The van der Waals surface area contributed by atoms with Gasteiger partial charge >= 0.3 is 6.03 Å². The molecule has 3 rings (SSSR count). The number of aromatic nitrogens is 2. The van der Waals surface area contributed by atoms with Crippen molar-refractivity contribution in [2.45, 2.75) is 19.4 Å². The maximum atomic E-state index is 13.2. The smallest absolute Gasteiger partial charge is 0.317 e. The van der Waals surface area contributed by atoms with E-state index in [-0.39, 0.29) is 11.8 Å². The third-order valence-electron chi connectivity index (χ3n) is 4.11. The third kappa shape index (κ3) is 3.96. The van der Waals surface area contributed by atoms with Gasteiger partial charge in [-0.3, -0.25) is 0 Å². The molecule has 1 aliphatic heterocycles. The third-order valence-corrected chi connectivity index (χ3v) is 4.91. The van der Waals surface area contributed by atoms with Crippen LogP contribution in [0.3, 0.4) is 0 Å². The van der Waals surface area contributed by atoms with E-state index in [2.05, 4.69) is 21.5 Å². The van der Waals surface area contributed by atoms with Gasteiger partial charge in [0.05, 0.1) is 17.6 Å². The second-order valence-corrected chi connectivity index (χ2v) is 6.82. The number of imidazole rings is 1. The van der Waals surface area contributed by atoms with Gasteiger partial charge in [-0.2, -0.15) is 11.8 Å². The molecule has 1 aliphatic rings. The zero-order chi connectivity index (χ0) is 16.2. The number of rotatable bonds is 4. The number of carbonyl (C=O) groups excluding carboxylic acids is 1. The molecular formula is C16H21FN4OS. The number of nitrogens with one attached hydrogen (secondary N) is 2.